The van der Waals surface area contributed by atoms with Gasteiger partial charge in [0.05, 0.1) is 22.7 Å². The third-order valence-electron chi connectivity index (χ3n) is 6.68. The molecule has 0 bridgehead atoms. The molecule has 11 heteroatoms. The molecule has 2 amide bonds. The highest BCUT2D eigenvalue weighted by molar-refractivity contribution is 7.92. The smallest absolute Gasteiger partial charge is 0.264 e. The molecule has 226 valence electrons. The van der Waals surface area contributed by atoms with Crippen LogP contribution in [0.2, 0.25) is 10.0 Å². The van der Waals surface area contributed by atoms with Crippen LogP contribution in [0.25, 0.3) is 0 Å². The molecule has 0 spiro atoms. The maximum absolute atomic E-state index is 14.2. The van der Waals surface area contributed by atoms with Gasteiger partial charge in [0.15, 0.2) is 0 Å². The summed E-state index contributed by atoms with van der Waals surface area (Å²) >= 11 is 12.8. The fourth-order valence-electron chi connectivity index (χ4n) is 4.33. The number of benzene rings is 3. The molecule has 1 atom stereocenters. The minimum atomic E-state index is -4.23. The van der Waals surface area contributed by atoms with Gasteiger partial charge in [0.2, 0.25) is 11.8 Å². The molecular weight excluding hydrogens is 597 g/mol. The highest BCUT2D eigenvalue weighted by Crippen LogP contribution is 2.32. The predicted molar refractivity (Wildman–Crippen MR) is 168 cm³/mol. The van der Waals surface area contributed by atoms with Gasteiger partial charge in [-0.3, -0.25) is 13.9 Å². The van der Waals surface area contributed by atoms with Gasteiger partial charge in [-0.2, -0.15) is 0 Å². The number of nitrogens with zero attached hydrogens (tertiary/aromatic N) is 2. The number of halogens is 2. The minimum Gasteiger partial charge on any atom is -0.495 e. The highest BCUT2D eigenvalue weighted by atomic mass is 35.5. The molecule has 3 aromatic carbocycles. The Labute approximate surface area is 258 Å². The molecule has 0 radical (unpaired) electrons. The fraction of sp³-hybridized carbons (Fsp3) is 0.355. The Morgan fingerprint density at radius 3 is 2.21 bits per heavy atom. The monoisotopic (exact) mass is 633 g/mol. The average molecular weight is 635 g/mol. The Morgan fingerprint density at radius 1 is 0.976 bits per heavy atom. The van der Waals surface area contributed by atoms with Crippen molar-refractivity contribution in [2.75, 3.05) is 24.5 Å². The van der Waals surface area contributed by atoms with Crippen molar-refractivity contribution in [1.29, 1.82) is 0 Å². The summed E-state index contributed by atoms with van der Waals surface area (Å²) in [6.45, 7) is 7.45. The molecule has 3 rings (SSSR count). The number of sulfonamides is 1. The number of carbonyl (C=O) groups is 2. The first kappa shape index (κ1) is 33.2. The van der Waals surface area contributed by atoms with E-state index < -0.39 is 28.5 Å². The topological polar surface area (TPSA) is 96.0 Å². The Balaban J connectivity index is 2.09. The second-order valence-corrected chi connectivity index (χ2v) is 13.0. The maximum atomic E-state index is 14.2. The summed E-state index contributed by atoms with van der Waals surface area (Å²) in [5, 5.41) is 3.52. The molecule has 0 saturated heterocycles. The number of nitrogens with one attached hydrogen (secondary N) is 1. The summed E-state index contributed by atoms with van der Waals surface area (Å²) in [7, 11) is -2.78. The molecule has 1 N–H and O–H groups in total. The van der Waals surface area contributed by atoms with Crippen molar-refractivity contribution in [3.63, 3.8) is 0 Å². The van der Waals surface area contributed by atoms with Crippen LogP contribution in [-0.4, -0.2) is 51.4 Å². The first-order valence-corrected chi connectivity index (χ1v) is 15.8. The SMILES string of the molecule is CC[C@H](C(=O)NCC(C)C)N(Cc1ccccc1Cl)C(=O)CN(c1ccc(OC)c(Cl)c1)S(=O)(=O)c1ccc(C)cc1. The third-order valence-corrected chi connectivity index (χ3v) is 9.13. The van der Waals surface area contributed by atoms with E-state index in [4.69, 9.17) is 27.9 Å². The van der Waals surface area contributed by atoms with Crippen molar-refractivity contribution in [3.8, 4) is 5.75 Å². The summed E-state index contributed by atoms with van der Waals surface area (Å²) in [5.41, 5.74) is 1.68. The van der Waals surface area contributed by atoms with Gasteiger partial charge >= 0.3 is 0 Å². The van der Waals surface area contributed by atoms with Crippen LogP contribution in [0.1, 0.15) is 38.3 Å². The average Bonchev–Trinajstić information content (AvgIpc) is 2.95. The van der Waals surface area contributed by atoms with Gasteiger partial charge in [-0.25, -0.2) is 8.42 Å². The van der Waals surface area contributed by atoms with E-state index in [2.05, 4.69) is 5.32 Å². The van der Waals surface area contributed by atoms with Crippen molar-refractivity contribution in [3.05, 3.63) is 87.9 Å². The zero-order valence-electron chi connectivity index (χ0n) is 24.4. The molecule has 0 fully saturated rings. The van der Waals surface area contributed by atoms with Crippen LogP contribution in [0.4, 0.5) is 5.69 Å². The Kier molecular flexibility index (Phi) is 11.7. The van der Waals surface area contributed by atoms with Crippen LogP contribution in [0.5, 0.6) is 5.75 Å². The van der Waals surface area contributed by atoms with E-state index in [1.165, 1.54) is 42.3 Å². The van der Waals surface area contributed by atoms with Crippen LogP contribution in [0, 0.1) is 12.8 Å². The number of ether oxygens (including phenoxy) is 1. The van der Waals surface area contributed by atoms with E-state index in [0.717, 1.165) is 9.87 Å². The van der Waals surface area contributed by atoms with Crippen molar-refractivity contribution in [2.24, 2.45) is 5.92 Å². The van der Waals surface area contributed by atoms with Crippen LogP contribution in [0.15, 0.2) is 71.6 Å². The lowest BCUT2D eigenvalue weighted by Crippen LogP contribution is -2.52. The van der Waals surface area contributed by atoms with Crippen LogP contribution in [0.3, 0.4) is 0 Å². The van der Waals surface area contributed by atoms with Gasteiger partial charge in [-0.05, 0) is 61.2 Å². The van der Waals surface area contributed by atoms with E-state index in [1.807, 2.05) is 20.8 Å². The fourth-order valence-corrected chi connectivity index (χ4v) is 6.18. The van der Waals surface area contributed by atoms with Gasteiger partial charge in [0, 0.05) is 18.1 Å². The van der Waals surface area contributed by atoms with Crippen LogP contribution in [-0.2, 0) is 26.2 Å². The Morgan fingerprint density at radius 2 is 1.64 bits per heavy atom. The van der Waals surface area contributed by atoms with Gasteiger partial charge in [-0.1, -0.05) is 79.9 Å². The first-order valence-electron chi connectivity index (χ1n) is 13.6. The lowest BCUT2D eigenvalue weighted by molar-refractivity contribution is -0.140. The zero-order chi connectivity index (χ0) is 31.0. The minimum absolute atomic E-state index is 0.00668. The predicted octanol–water partition coefficient (Wildman–Crippen LogP) is 6.09. The molecule has 0 saturated carbocycles. The lowest BCUT2D eigenvalue weighted by Gasteiger charge is -2.33. The number of hydrogen-bond acceptors (Lipinski definition) is 5. The van der Waals surface area contributed by atoms with E-state index in [-0.39, 0.29) is 34.0 Å². The Hall–Kier alpha value is -3.27. The summed E-state index contributed by atoms with van der Waals surface area (Å²) in [6, 6.07) is 17.0. The van der Waals surface area contributed by atoms with E-state index in [1.54, 1.807) is 43.3 Å². The van der Waals surface area contributed by atoms with E-state index in [0.29, 0.717) is 29.3 Å². The molecule has 0 aliphatic heterocycles. The van der Waals surface area contributed by atoms with E-state index >= 15 is 0 Å². The largest absolute Gasteiger partial charge is 0.495 e. The zero-order valence-corrected chi connectivity index (χ0v) is 26.8. The number of aryl methyl sites for hydroxylation is 1. The van der Waals surface area contributed by atoms with E-state index in [9.17, 15) is 18.0 Å². The number of rotatable bonds is 13. The van der Waals surface area contributed by atoms with Gasteiger partial charge < -0.3 is 15.0 Å². The second-order valence-electron chi connectivity index (χ2n) is 10.3. The van der Waals surface area contributed by atoms with Crippen molar-refractivity contribution < 1.29 is 22.7 Å². The molecule has 0 aliphatic carbocycles. The summed E-state index contributed by atoms with van der Waals surface area (Å²) in [5.74, 6) is -0.349. The normalized spacial score (nSPS) is 12.1. The number of hydrogen-bond donors (Lipinski definition) is 1. The molecule has 0 heterocycles. The maximum Gasteiger partial charge on any atom is 0.264 e. The summed E-state index contributed by atoms with van der Waals surface area (Å²) < 4.78 is 34.3. The molecule has 0 unspecified atom stereocenters. The molecule has 0 aromatic heterocycles. The number of amides is 2. The van der Waals surface area contributed by atoms with Gasteiger partial charge in [0.1, 0.15) is 18.3 Å². The van der Waals surface area contributed by atoms with Gasteiger partial charge in [0.25, 0.3) is 10.0 Å². The Bertz CT molecular complexity index is 1500. The van der Waals surface area contributed by atoms with Gasteiger partial charge in [-0.15, -0.1) is 0 Å². The molecule has 8 nitrogen and oxygen atoms in total. The molecule has 0 aliphatic rings. The summed E-state index contributed by atoms with van der Waals surface area (Å²) in [6.07, 6.45) is 0.305. The highest BCUT2D eigenvalue weighted by Gasteiger charge is 2.34. The number of methoxy groups -OCH3 is 1. The van der Waals surface area contributed by atoms with Crippen molar-refractivity contribution in [1.82, 2.24) is 10.2 Å². The molecule has 3 aromatic rings. The number of anilines is 1. The van der Waals surface area contributed by atoms with Crippen molar-refractivity contribution >= 4 is 50.7 Å². The first-order chi connectivity index (χ1) is 19.9. The van der Waals surface area contributed by atoms with Crippen LogP contribution < -0.4 is 14.4 Å². The molecule has 42 heavy (non-hydrogen) atoms. The second kappa shape index (κ2) is 14.8. The third kappa shape index (κ3) is 8.18. The van der Waals surface area contributed by atoms with Crippen molar-refractivity contribution in [2.45, 2.75) is 51.6 Å². The lowest BCUT2D eigenvalue weighted by atomic mass is 10.1. The standard InChI is InChI=1S/C31H37Cl2N3O5S/c1-6-28(31(38)34-18-21(2)3)35(19-23-9-7-8-10-26(23)32)30(37)20-36(24-13-16-29(41-5)27(33)17-24)42(39,40)25-14-11-22(4)12-15-25/h7-17,21,28H,6,18-20H2,1-5H3,(H,34,38)/t28-/m1/s1. The molecular formula is C31H37Cl2N3O5S. The quantitative estimate of drug-likeness (QED) is 0.246. The number of carbonyl (C=O) groups excluding carboxylic acids is 2. The van der Waals surface area contributed by atoms with Crippen LogP contribution >= 0.6 is 23.2 Å². The summed E-state index contributed by atoms with van der Waals surface area (Å²) in [4.78, 5) is 28.9.